The molecule has 82 valence electrons. The molecule has 2 atom stereocenters. The predicted molar refractivity (Wildman–Crippen MR) is 59.8 cm³/mol. The van der Waals surface area contributed by atoms with Crippen LogP contribution in [0.25, 0.3) is 0 Å². The van der Waals surface area contributed by atoms with Crippen LogP contribution in [0.1, 0.15) is 13.8 Å². The lowest BCUT2D eigenvalue weighted by atomic mass is 10.1. The second-order valence-electron chi connectivity index (χ2n) is 3.35. The molecule has 0 aromatic heterocycles. The molecule has 0 spiro atoms. The minimum Gasteiger partial charge on any atom is -0.308 e. The van der Waals surface area contributed by atoms with E-state index in [1.165, 1.54) is 13.4 Å². The van der Waals surface area contributed by atoms with E-state index in [0.29, 0.717) is 4.48 Å². The van der Waals surface area contributed by atoms with Crippen molar-refractivity contribution in [2.24, 2.45) is 0 Å². The first kappa shape index (κ1) is 12.6. The van der Waals surface area contributed by atoms with Gasteiger partial charge in [-0.15, -0.1) is 0 Å². The molecule has 0 fully saturated rings. The molecule has 0 aromatic rings. The number of hydrogen-bond acceptors (Lipinski definition) is 4. The molecule has 0 aromatic carbocycles. The summed E-state index contributed by atoms with van der Waals surface area (Å²) in [6.45, 7) is 3.48. The molecule has 0 N–H and O–H groups in total. The molecule has 0 bridgehead atoms. The van der Waals surface area contributed by atoms with Crippen LogP contribution in [0.2, 0.25) is 0 Å². The maximum absolute atomic E-state index is 12.1. The molecule has 0 aliphatic carbocycles. The molecule has 0 saturated carbocycles. The van der Waals surface area contributed by atoms with E-state index in [1.807, 2.05) is 0 Å². The monoisotopic (exact) mass is 302 g/mol. The normalized spacial score (nSPS) is 33.5. The number of halogens is 1. The Morgan fingerprint density at radius 1 is 1.57 bits per heavy atom. The lowest BCUT2D eigenvalue weighted by molar-refractivity contribution is 0.142. The van der Waals surface area contributed by atoms with Crippen LogP contribution in [0, 0.1) is 0 Å². The van der Waals surface area contributed by atoms with Crippen LogP contribution in [-0.2, 0) is 24.4 Å². The molecule has 4 nitrogen and oxygen atoms in total. The Bertz CT molecular complexity index is 363. The lowest BCUT2D eigenvalue weighted by Gasteiger charge is -2.19. The molecule has 1 aliphatic heterocycles. The minimum atomic E-state index is -3.36. The summed E-state index contributed by atoms with van der Waals surface area (Å²) in [6.07, 6.45) is 1.45. The van der Waals surface area contributed by atoms with Crippen LogP contribution < -0.4 is 0 Å². The van der Waals surface area contributed by atoms with Crippen molar-refractivity contribution in [1.29, 1.82) is 0 Å². The van der Waals surface area contributed by atoms with Crippen molar-refractivity contribution in [1.82, 2.24) is 0 Å². The van der Waals surface area contributed by atoms with E-state index in [9.17, 15) is 8.77 Å². The lowest BCUT2D eigenvalue weighted by Crippen LogP contribution is -2.18. The molecule has 7 heteroatoms. The van der Waals surface area contributed by atoms with Gasteiger partial charge in [-0.05, 0) is 13.8 Å². The van der Waals surface area contributed by atoms with Gasteiger partial charge in [-0.25, -0.2) is 0 Å². The quantitative estimate of drug-likeness (QED) is 0.736. The zero-order chi connectivity index (χ0) is 11.1. The Morgan fingerprint density at radius 3 is 2.36 bits per heavy atom. The van der Waals surface area contributed by atoms with Crippen molar-refractivity contribution in [3.05, 3.63) is 9.13 Å². The summed E-state index contributed by atoms with van der Waals surface area (Å²) in [5.41, 5.74) is -0.744. The molecule has 0 saturated heterocycles. The third-order valence-corrected chi connectivity index (χ3v) is 7.84. The van der Waals surface area contributed by atoms with Gasteiger partial charge in [0.15, 0.2) is 0 Å². The first-order valence-electron chi connectivity index (χ1n) is 3.85. The van der Waals surface area contributed by atoms with Gasteiger partial charge in [0.1, 0.15) is 10.2 Å². The summed E-state index contributed by atoms with van der Waals surface area (Å²) < 4.78 is 34.4. The van der Waals surface area contributed by atoms with Gasteiger partial charge in [0.05, 0.1) is 15.3 Å². The van der Waals surface area contributed by atoms with Gasteiger partial charge in [0.2, 0.25) is 0 Å². The predicted octanol–water partition coefficient (Wildman–Crippen LogP) is 2.58. The van der Waals surface area contributed by atoms with E-state index in [-0.39, 0.29) is 4.65 Å². The van der Waals surface area contributed by atoms with Gasteiger partial charge in [0, 0.05) is 13.4 Å². The highest BCUT2D eigenvalue weighted by atomic mass is 79.9. The molecule has 2 unspecified atom stereocenters. The third-order valence-electron chi connectivity index (χ3n) is 1.83. The molecule has 0 amide bonds. The van der Waals surface area contributed by atoms with Gasteiger partial charge in [0.25, 0.3) is 0 Å². The maximum atomic E-state index is 12.1. The van der Waals surface area contributed by atoms with Crippen molar-refractivity contribution in [3.8, 4) is 0 Å². The molecule has 1 rings (SSSR count). The minimum absolute atomic E-state index is 0.227. The highest BCUT2D eigenvalue weighted by Crippen LogP contribution is 2.67. The van der Waals surface area contributed by atoms with Crippen LogP contribution in [0.15, 0.2) is 9.13 Å². The summed E-state index contributed by atoms with van der Waals surface area (Å²) in [7, 11) is -3.44. The SMILES string of the molecule is COP1(=O)OC(C)(C)C(Br)=C1S(C)=O. The maximum Gasteiger partial charge on any atom is 0.371 e. The molecule has 1 heterocycles. The smallest absolute Gasteiger partial charge is 0.308 e. The molecular formula is C7H12BrO4PS. The fourth-order valence-electron chi connectivity index (χ4n) is 1.16. The van der Waals surface area contributed by atoms with Crippen molar-refractivity contribution in [2.45, 2.75) is 19.4 Å². The largest absolute Gasteiger partial charge is 0.371 e. The molecule has 1 aliphatic rings. The number of rotatable bonds is 2. The molecular weight excluding hydrogens is 291 g/mol. The Labute approximate surface area is 94.2 Å². The van der Waals surface area contributed by atoms with Gasteiger partial charge in [-0.1, -0.05) is 15.9 Å². The van der Waals surface area contributed by atoms with Crippen molar-refractivity contribution < 1.29 is 17.8 Å². The molecule has 14 heavy (non-hydrogen) atoms. The average Bonchev–Trinajstić information content (AvgIpc) is 2.19. The van der Waals surface area contributed by atoms with Crippen LogP contribution in [0.4, 0.5) is 0 Å². The average molecular weight is 303 g/mol. The highest BCUT2D eigenvalue weighted by Gasteiger charge is 2.49. The van der Waals surface area contributed by atoms with Crippen LogP contribution in [-0.4, -0.2) is 23.2 Å². The van der Waals surface area contributed by atoms with Gasteiger partial charge in [-0.2, -0.15) is 0 Å². The summed E-state index contributed by atoms with van der Waals surface area (Å²) in [5.74, 6) is 0. The fraction of sp³-hybridized carbons (Fsp3) is 0.714. The zero-order valence-corrected chi connectivity index (χ0v) is 11.7. The van der Waals surface area contributed by atoms with E-state index in [4.69, 9.17) is 9.05 Å². The van der Waals surface area contributed by atoms with Crippen molar-refractivity contribution in [3.63, 3.8) is 0 Å². The second-order valence-corrected chi connectivity index (χ2v) is 7.76. The Balaban J connectivity index is 3.35. The first-order chi connectivity index (χ1) is 6.24. The second kappa shape index (κ2) is 3.83. The van der Waals surface area contributed by atoms with E-state index in [1.54, 1.807) is 13.8 Å². The zero-order valence-electron chi connectivity index (χ0n) is 8.37. The van der Waals surface area contributed by atoms with E-state index in [0.717, 1.165) is 0 Å². The van der Waals surface area contributed by atoms with E-state index in [2.05, 4.69) is 15.9 Å². The van der Waals surface area contributed by atoms with Gasteiger partial charge in [-0.3, -0.25) is 13.3 Å². The van der Waals surface area contributed by atoms with Crippen molar-refractivity contribution in [2.75, 3.05) is 13.4 Å². The standard InChI is InChI=1S/C7H12BrO4PS/c1-7(2)5(8)6(14(4)10)13(9,11-3)12-7/h1-4H3. The van der Waals surface area contributed by atoms with E-state index >= 15 is 0 Å². The first-order valence-corrected chi connectivity index (χ1v) is 7.75. The Morgan fingerprint density at radius 2 is 2.07 bits per heavy atom. The third kappa shape index (κ3) is 1.91. The van der Waals surface area contributed by atoms with Crippen LogP contribution in [0.5, 0.6) is 0 Å². The summed E-state index contributed by atoms with van der Waals surface area (Å²) >= 11 is 3.25. The molecule has 0 radical (unpaired) electrons. The van der Waals surface area contributed by atoms with Gasteiger partial charge >= 0.3 is 7.60 Å². The fourth-order valence-corrected chi connectivity index (χ4v) is 6.32. The Hall–Kier alpha value is 0.520. The van der Waals surface area contributed by atoms with Gasteiger partial charge < -0.3 is 4.52 Å². The Kier molecular flexibility index (Phi) is 3.44. The van der Waals surface area contributed by atoms with Crippen LogP contribution in [0.3, 0.4) is 0 Å². The van der Waals surface area contributed by atoms with Crippen LogP contribution >= 0.6 is 23.5 Å². The summed E-state index contributed by atoms with van der Waals surface area (Å²) in [4.78, 5) is 0. The number of hydrogen-bond donors (Lipinski definition) is 0. The highest BCUT2D eigenvalue weighted by molar-refractivity contribution is 9.12. The van der Waals surface area contributed by atoms with E-state index < -0.39 is 24.0 Å². The summed E-state index contributed by atoms with van der Waals surface area (Å²) in [5, 5.41) is 0. The van der Waals surface area contributed by atoms with Crippen molar-refractivity contribution >= 4 is 34.3 Å². The summed E-state index contributed by atoms with van der Waals surface area (Å²) in [6, 6.07) is 0. The topological polar surface area (TPSA) is 52.6 Å².